The van der Waals surface area contributed by atoms with E-state index in [1.807, 2.05) is 13.8 Å². The second-order valence-corrected chi connectivity index (χ2v) is 5.53. The van der Waals surface area contributed by atoms with Crippen molar-refractivity contribution in [1.82, 2.24) is 0 Å². The molecule has 0 amide bonds. The molecule has 5 heteroatoms. The molecule has 0 saturated heterocycles. The zero-order valence-electron chi connectivity index (χ0n) is 13.6. The Hall–Kier alpha value is -2.69. The highest BCUT2D eigenvalue weighted by molar-refractivity contribution is 6.21. The highest BCUT2D eigenvalue weighted by Gasteiger charge is 2.19. The number of carbonyl (C=O) groups excluding carboxylic acids is 2. The number of carbonyl (C=O) groups is 2. The molecule has 5 nitrogen and oxygen atoms in total. The SMILES string of the molecule is COc1ccc(C(=O)ON=C2C=C(C)C(=O)C=C2C(C)C)cc1. The Labute approximate surface area is 135 Å². The Balaban J connectivity index is 2.18. The molecule has 0 N–H and O–H groups in total. The first-order valence-corrected chi connectivity index (χ1v) is 7.30. The van der Waals surface area contributed by atoms with Gasteiger partial charge in [0, 0.05) is 0 Å². The molecule has 0 heterocycles. The summed E-state index contributed by atoms with van der Waals surface area (Å²) in [7, 11) is 1.55. The van der Waals surface area contributed by atoms with Gasteiger partial charge in [0.2, 0.25) is 0 Å². The van der Waals surface area contributed by atoms with E-state index in [9.17, 15) is 9.59 Å². The molecule has 0 aromatic heterocycles. The van der Waals surface area contributed by atoms with Crippen molar-refractivity contribution in [3.63, 3.8) is 0 Å². The molecule has 0 atom stereocenters. The van der Waals surface area contributed by atoms with Crippen LogP contribution in [0.1, 0.15) is 31.1 Å². The summed E-state index contributed by atoms with van der Waals surface area (Å²) in [5.74, 6) is 0.143. The van der Waals surface area contributed by atoms with Crippen molar-refractivity contribution in [2.75, 3.05) is 7.11 Å². The maximum absolute atomic E-state index is 12.0. The van der Waals surface area contributed by atoms with Crippen LogP contribution in [0.5, 0.6) is 5.75 Å². The average Bonchev–Trinajstić information content (AvgIpc) is 2.55. The number of oxime groups is 1. The first-order chi connectivity index (χ1) is 10.9. The second kappa shape index (κ2) is 7.05. The third-order valence-corrected chi connectivity index (χ3v) is 3.50. The number of ketones is 1. The first kappa shape index (κ1) is 16.7. The molecular formula is C18H19NO4. The summed E-state index contributed by atoms with van der Waals surface area (Å²) in [6, 6.07) is 6.55. The number of nitrogens with zero attached hydrogens (tertiary/aromatic N) is 1. The molecule has 0 spiro atoms. The predicted octanol–water partition coefficient (Wildman–Crippen LogP) is 3.32. The van der Waals surface area contributed by atoms with E-state index in [0.717, 1.165) is 5.57 Å². The van der Waals surface area contributed by atoms with Crippen molar-refractivity contribution in [2.24, 2.45) is 11.1 Å². The Morgan fingerprint density at radius 3 is 2.35 bits per heavy atom. The lowest BCUT2D eigenvalue weighted by Crippen LogP contribution is -2.16. The van der Waals surface area contributed by atoms with E-state index in [-0.39, 0.29) is 11.7 Å². The molecule has 0 aliphatic heterocycles. The van der Waals surface area contributed by atoms with Crippen molar-refractivity contribution in [1.29, 1.82) is 0 Å². The fraction of sp³-hybridized carbons (Fsp3) is 0.278. The van der Waals surface area contributed by atoms with E-state index in [2.05, 4.69) is 5.16 Å². The van der Waals surface area contributed by atoms with Gasteiger partial charge in [-0.2, -0.15) is 0 Å². The summed E-state index contributed by atoms with van der Waals surface area (Å²) >= 11 is 0. The molecular weight excluding hydrogens is 294 g/mol. The number of hydrogen-bond acceptors (Lipinski definition) is 5. The number of allylic oxidation sites excluding steroid dienone is 4. The lowest BCUT2D eigenvalue weighted by atomic mass is 9.90. The Morgan fingerprint density at radius 2 is 1.78 bits per heavy atom. The second-order valence-electron chi connectivity index (χ2n) is 5.53. The van der Waals surface area contributed by atoms with Gasteiger partial charge >= 0.3 is 5.97 Å². The minimum Gasteiger partial charge on any atom is -0.497 e. The predicted molar refractivity (Wildman–Crippen MR) is 87.5 cm³/mol. The average molecular weight is 313 g/mol. The van der Waals surface area contributed by atoms with Crippen molar-refractivity contribution >= 4 is 17.5 Å². The summed E-state index contributed by atoms with van der Waals surface area (Å²) in [4.78, 5) is 28.8. The van der Waals surface area contributed by atoms with Gasteiger partial charge in [-0.25, -0.2) is 4.79 Å². The molecule has 0 bridgehead atoms. The lowest BCUT2D eigenvalue weighted by molar-refractivity contribution is -0.111. The molecule has 0 fully saturated rings. The van der Waals surface area contributed by atoms with E-state index in [1.165, 1.54) is 0 Å². The Kier molecular flexibility index (Phi) is 5.11. The molecule has 1 aliphatic carbocycles. The fourth-order valence-electron chi connectivity index (χ4n) is 2.10. The summed E-state index contributed by atoms with van der Waals surface area (Å²) in [6.45, 7) is 5.61. The topological polar surface area (TPSA) is 65.0 Å². The summed E-state index contributed by atoms with van der Waals surface area (Å²) < 4.78 is 5.04. The number of rotatable bonds is 4. The zero-order valence-corrected chi connectivity index (χ0v) is 13.6. The smallest absolute Gasteiger partial charge is 0.365 e. The number of hydrogen-bond donors (Lipinski definition) is 0. The van der Waals surface area contributed by atoms with Crippen LogP contribution in [0.3, 0.4) is 0 Å². The van der Waals surface area contributed by atoms with Gasteiger partial charge in [0.1, 0.15) is 11.5 Å². The fourth-order valence-corrected chi connectivity index (χ4v) is 2.10. The van der Waals surface area contributed by atoms with Gasteiger partial charge in [-0.1, -0.05) is 19.0 Å². The first-order valence-electron chi connectivity index (χ1n) is 7.30. The summed E-state index contributed by atoms with van der Waals surface area (Å²) in [5.41, 5.74) is 2.19. The minimum atomic E-state index is -0.564. The quantitative estimate of drug-likeness (QED) is 0.486. The Morgan fingerprint density at radius 1 is 1.13 bits per heavy atom. The highest BCUT2D eigenvalue weighted by atomic mass is 16.7. The van der Waals surface area contributed by atoms with Crippen LogP contribution in [-0.2, 0) is 9.63 Å². The van der Waals surface area contributed by atoms with Crippen LogP contribution in [0.15, 0.2) is 52.7 Å². The monoisotopic (exact) mass is 313 g/mol. The van der Waals surface area contributed by atoms with Crippen LogP contribution in [0.4, 0.5) is 0 Å². The van der Waals surface area contributed by atoms with Gasteiger partial charge in [-0.05, 0) is 60.4 Å². The van der Waals surface area contributed by atoms with Crippen molar-refractivity contribution in [3.8, 4) is 5.75 Å². The number of ether oxygens (including phenoxy) is 1. The van der Waals surface area contributed by atoms with Gasteiger partial charge in [0.05, 0.1) is 12.7 Å². The minimum absolute atomic E-state index is 0.0471. The van der Waals surface area contributed by atoms with Crippen LogP contribution >= 0.6 is 0 Å². The Bertz CT molecular complexity index is 709. The van der Waals surface area contributed by atoms with Gasteiger partial charge < -0.3 is 9.57 Å². The molecule has 1 aromatic carbocycles. The van der Waals surface area contributed by atoms with Crippen LogP contribution in [0, 0.1) is 5.92 Å². The number of benzene rings is 1. The number of methoxy groups -OCH3 is 1. The van der Waals surface area contributed by atoms with Crippen LogP contribution < -0.4 is 4.74 Å². The molecule has 120 valence electrons. The lowest BCUT2D eigenvalue weighted by Gasteiger charge is -2.15. The van der Waals surface area contributed by atoms with Crippen LogP contribution in [0.25, 0.3) is 0 Å². The highest BCUT2D eigenvalue weighted by Crippen LogP contribution is 2.20. The third-order valence-electron chi connectivity index (χ3n) is 3.50. The third kappa shape index (κ3) is 3.94. The van der Waals surface area contributed by atoms with Crippen molar-refractivity contribution in [2.45, 2.75) is 20.8 Å². The molecule has 0 unspecified atom stereocenters. The van der Waals surface area contributed by atoms with E-state index in [1.54, 1.807) is 50.5 Å². The van der Waals surface area contributed by atoms with Gasteiger partial charge in [0.25, 0.3) is 0 Å². The zero-order chi connectivity index (χ0) is 17.0. The van der Waals surface area contributed by atoms with E-state index in [4.69, 9.17) is 9.57 Å². The van der Waals surface area contributed by atoms with Gasteiger partial charge in [0.15, 0.2) is 5.78 Å². The van der Waals surface area contributed by atoms with E-state index >= 15 is 0 Å². The molecule has 0 saturated carbocycles. The summed E-state index contributed by atoms with van der Waals surface area (Å²) in [6.07, 6.45) is 3.18. The maximum atomic E-state index is 12.0. The van der Waals surface area contributed by atoms with Gasteiger partial charge in [-0.3, -0.25) is 4.79 Å². The van der Waals surface area contributed by atoms with Crippen LogP contribution in [-0.4, -0.2) is 24.6 Å². The molecule has 23 heavy (non-hydrogen) atoms. The summed E-state index contributed by atoms with van der Waals surface area (Å²) in [5, 5.41) is 3.93. The van der Waals surface area contributed by atoms with E-state index < -0.39 is 5.97 Å². The molecule has 1 aliphatic rings. The van der Waals surface area contributed by atoms with E-state index in [0.29, 0.717) is 22.6 Å². The maximum Gasteiger partial charge on any atom is 0.365 e. The van der Waals surface area contributed by atoms with Crippen molar-refractivity contribution < 1.29 is 19.2 Å². The molecule has 0 radical (unpaired) electrons. The van der Waals surface area contributed by atoms with Crippen LogP contribution in [0.2, 0.25) is 0 Å². The van der Waals surface area contributed by atoms with Crippen molar-refractivity contribution in [3.05, 3.63) is 53.1 Å². The normalized spacial score (nSPS) is 16.2. The van der Waals surface area contributed by atoms with Gasteiger partial charge in [-0.15, -0.1) is 0 Å². The molecule has 2 rings (SSSR count). The largest absolute Gasteiger partial charge is 0.497 e. The molecule has 1 aromatic rings. The standard InChI is InChI=1S/C18H19NO4/c1-11(2)15-10-17(20)12(3)9-16(15)19-23-18(21)13-5-7-14(22-4)8-6-13/h5-11H,1-4H3.